The van der Waals surface area contributed by atoms with Crippen molar-refractivity contribution in [3.05, 3.63) is 33.8 Å². The molecule has 0 radical (unpaired) electrons. The summed E-state index contributed by atoms with van der Waals surface area (Å²) in [6.07, 6.45) is 0.199. The van der Waals surface area contributed by atoms with Crippen molar-refractivity contribution < 1.29 is 4.74 Å². The Morgan fingerprint density at radius 1 is 1.25 bits per heavy atom. The van der Waals surface area contributed by atoms with Crippen molar-refractivity contribution in [1.82, 2.24) is 5.32 Å². The summed E-state index contributed by atoms with van der Waals surface area (Å²) in [5, 5.41) is 4.55. The molecule has 0 aliphatic rings. The van der Waals surface area contributed by atoms with Gasteiger partial charge in [-0.3, -0.25) is 0 Å². The summed E-state index contributed by atoms with van der Waals surface area (Å²) in [5.41, 5.74) is 1.12. The van der Waals surface area contributed by atoms with Gasteiger partial charge < -0.3 is 10.1 Å². The number of halogens is 2. The zero-order valence-electron chi connectivity index (χ0n) is 9.76. The van der Waals surface area contributed by atoms with Gasteiger partial charge in [0.15, 0.2) is 0 Å². The van der Waals surface area contributed by atoms with Gasteiger partial charge in [0.1, 0.15) is 0 Å². The molecule has 1 aromatic carbocycles. The molecule has 0 saturated carbocycles. The average Bonchev–Trinajstić information content (AvgIpc) is 2.29. The van der Waals surface area contributed by atoms with Gasteiger partial charge in [-0.05, 0) is 31.5 Å². The Kier molecular flexibility index (Phi) is 5.56. The summed E-state index contributed by atoms with van der Waals surface area (Å²) < 4.78 is 5.17. The Balaban J connectivity index is 2.59. The maximum atomic E-state index is 5.96. The quantitative estimate of drug-likeness (QED) is 0.874. The van der Waals surface area contributed by atoms with Crippen LogP contribution < -0.4 is 5.32 Å². The fourth-order valence-corrected chi connectivity index (χ4v) is 1.63. The molecule has 0 aliphatic carbocycles. The largest absolute Gasteiger partial charge is 0.380 e. The molecule has 0 spiro atoms. The van der Waals surface area contributed by atoms with Gasteiger partial charge in [0.05, 0.1) is 16.1 Å². The van der Waals surface area contributed by atoms with Crippen LogP contribution in [0.5, 0.6) is 0 Å². The van der Waals surface area contributed by atoms with Crippen LogP contribution in [0.4, 0.5) is 0 Å². The Hall–Kier alpha value is -0.280. The molecule has 1 aromatic rings. The van der Waals surface area contributed by atoms with Crippen LogP contribution in [0, 0.1) is 0 Å². The highest BCUT2D eigenvalue weighted by molar-refractivity contribution is 6.42. The first-order chi connectivity index (χ1) is 7.54. The Morgan fingerprint density at radius 3 is 2.50 bits per heavy atom. The number of nitrogens with one attached hydrogen (secondary N) is 1. The zero-order chi connectivity index (χ0) is 12.1. The van der Waals surface area contributed by atoms with Gasteiger partial charge in [0, 0.05) is 19.7 Å². The molecule has 1 rings (SSSR count). The van der Waals surface area contributed by atoms with E-state index < -0.39 is 0 Å². The lowest BCUT2D eigenvalue weighted by Gasteiger charge is -2.17. The first-order valence-corrected chi connectivity index (χ1v) is 6.01. The van der Waals surface area contributed by atoms with Crippen LogP contribution in [0.15, 0.2) is 18.2 Å². The third-order valence-corrected chi connectivity index (χ3v) is 3.30. The lowest BCUT2D eigenvalue weighted by atomic mass is 10.1. The van der Waals surface area contributed by atoms with E-state index in [1.807, 2.05) is 25.1 Å². The minimum atomic E-state index is 0.199. The molecule has 0 saturated heterocycles. The second-order valence-corrected chi connectivity index (χ2v) is 4.66. The van der Waals surface area contributed by atoms with Crippen LogP contribution in [-0.4, -0.2) is 19.8 Å². The fourth-order valence-electron chi connectivity index (χ4n) is 1.33. The molecule has 0 amide bonds. The summed E-state index contributed by atoms with van der Waals surface area (Å²) in [6, 6.07) is 5.91. The lowest BCUT2D eigenvalue weighted by Crippen LogP contribution is -2.28. The smallest absolute Gasteiger partial charge is 0.0667 e. The van der Waals surface area contributed by atoms with E-state index in [1.54, 1.807) is 7.11 Å². The van der Waals surface area contributed by atoms with Gasteiger partial charge in [-0.2, -0.15) is 0 Å². The van der Waals surface area contributed by atoms with Crippen LogP contribution in [0.3, 0.4) is 0 Å². The fraction of sp³-hybridized carbons (Fsp3) is 0.500. The van der Waals surface area contributed by atoms with E-state index in [0.29, 0.717) is 10.0 Å². The number of rotatable bonds is 5. The molecule has 2 unspecified atom stereocenters. The SMILES string of the molecule is COC(C)CNC(C)c1ccc(Cl)c(Cl)c1. The summed E-state index contributed by atoms with van der Waals surface area (Å²) >= 11 is 11.8. The number of ether oxygens (including phenoxy) is 1. The summed E-state index contributed by atoms with van der Waals surface area (Å²) in [5.74, 6) is 0. The maximum Gasteiger partial charge on any atom is 0.0667 e. The highest BCUT2D eigenvalue weighted by Gasteiger charge is 2.08. The van der Waals surface area contributed by atoms with Gasteiger partial charge >= 0.3 is 0 Å². The van der Waals surface area contributed by atoms with Crippen LogP contribution in [0.1, 0.15) is 25.5 Å². The molecule has 4 heteroatoms. The normalized spacial score (nSPS) is 14.8. The predicted octanol–water partition coefficient (Wildman–Crippen LogP) is 3.68. The van der Waals surface area contributed by atoms with Gasteiger partial charge in [-0.25, -0.2) is 0 Å². The molecule has 90 valence electrons. The zero-order valence-corrected chi connectivity index (χ0v) is 11.3. The summed E-state index contributed by atoms with van der Waals surface area (Å²) in [4.78, 5) is 0. The van der Waals surface area contributed by atoms with Crippen LogP contribution in [0.2, 0.25) is 10.0 Å². The first kappa shape index (κ1) is 13.8. The van der Waals surface area contributed by atoms with Gasteiger partial charge in [-0.15, -0.1) is 0 Å². The highest BCUT2D eigenvalue weighted by Crippen LogP contribution is 2.25. The molecule has 0 aromatic heterocycles. The minimum absolute atomic E-state index is 0.199. The average molecular weight is 262 g/mol. The molecule has 0 heterocycles. The Morgan fingerprint density at radius 2 is 1.94 bits per heavy atom. The van der Waals surface area contributed by atoms with E-state index in [9.17, 15) is 0 Å². The van der Waals surface area contributed by atoms with Crippen LogP contribution in [0.25, 0.3) is 0 Å². The topological polar surface area (TPSA) is 21.3 Å². The molecule has 16 heavy (non-hydrogen) atoms. The summed E-state index contributed by atoms with van der Waals surface area (Å²) in [6.45, 7) is 4.91. The van der Waals surface area contributed by atoms with Crippen molar-refractivity contribution in [3.8, 4) is 0 Å². The molecule has 0 bridgehead atoms. The van der Waals surface area contributed by atoms with Crippen molar-refractivity contribution in [2.45, 2.75) is 26.0 Å². The van der Waals surface area contributed by atoms with Crippen molar-refractivity contribution in [2.24, 2.45) is 0 Å². The summed E-state index contributed by atoms with van der Waals surface area (Å²) in [7, 11) is 1.70. The Bertz CT molecular complexity index is 344. The lowest BCUT2D eigenvalue weighted by molar-refractivity contribution is 0.115. The van der Waals surface area contributed by atoms with E-state index in [1.165, 1.54) is 0 Å². The molecule has 1 N–H and O–H groups in total. The van der Waals surface area contributed by atoms with E-state index >= 15 is 0 Å². The van der Waals surface area contributed by atoms with Crippen molar-refractivity contribution in [2.75, 3.05) is 13.7 Å². The predicted molar refractivity (Wildman–Crippen MR) is 69.4 cm³/mol. The van der Waals surface area contributed by atoms with Crippen molar-refractivity contribution in [1.29, 1.82) is 0 Å². The van der Waals surface area contributed by atoms with Crippen molar-refractivity contribution in [3.63, 3.8) is 0 Å². The maximum absolute atomic E-state index is 5.96. The standard InChI is InChI=1S/C12H17Cl2NO/c1-8(16-3)7-15-9(2)10-4-5-11(13)12(14)6-10/h4-6,8-9,15H,7H2,1-3H3. The number of benzene rings is 1. The molecule has 0 fully saturated rings. The monoisotopic (exact) mass is 261 g/mol. The van der Waals surface area contributed by atoms with Crippen LogP contribution in [-0.2, 0) is 4.74 Å². The van der Waals surface area contributed by atoms with Crippen LogP contribution >= 0.6 is 23.2 Å². The minimum Gasteiger partial charge on any atom is -0.380 e. The third-order valence-electron chi connectivity index (χ3n) is 2.56. The second-order valence-electron chi connectivity index (χ2n) is 3.85. The number of methoxy groups -OCH3 is 1. The van der Waals surface area contributed by atoms with Gasteiger partial charge in [0.25, 0.3) is 0 Å². The highest BCUT2D eigenvalue weighted by atomic mass is 35.5. The number of hydrogen-bond acceptors (Lipinski definition) is 2. The molecular weight excluding hydrogens is 245 g/mol. The third kappa shape index (κ3) is 3.95. The Labute approximate surface area is 107 Å². The number of hydrogen-bond donors (Lipinski definition) is 1. The van der Waals surface area contributed by atoms with Crippen molar-refractivity contribution >= 4 is 23.2 Å². The molecule has 2 atom stereocenters. The molecular formula is C12H17Cl2NO. The second kappa shape index (κ2) is 6.45. The van der Waals surface area contributed by atoms with E-state index in [-0.39, 0.29) is 12.1 Å². The van der Waals surface area contributed by atoms with Gasteiger partial charge in [-0.1, -0.05) is 29.3 Å². The van der Waals surface area contributed by atoms with E-state index in [2.05, 4.69) is 12.2 Å². The van der Waals surface area contributed by atoms with E-state index in [4.69, 9.17) is 27.9 Å². The molecule has 2 nitrogen and oxygen atoms in total. The first-order valence-electron chi connectivity index (χ1n) is 5.25. The van der Waals surface area contributed by atoms with Gasteiger partial charge in [0.2, 0.25) is 0 Å². The molecule has 0 aliphatic heterocycles. The van der Waals surface area contributed by atoms with E-state index in [0.717, 1.165) is 12.1 Å².